The molecule has 0 amide bonds. The summed E-state index contributed by atoms with van der Waals surface area (Å²) in [5.41, 5.74) is 1.17. The van der Waals surface area contributed by atoms with E-state index in [4.69, 9.17) is 4.74 Å². The van der Waals surface area contributed by atoms with Crippen molar-refractivity contribution in [3.8, 4) is 5.75 Å². The van der Waals surface area contributed by atoms with Gasteiger partial charge in [-0.2, -0.15) is 0 Å². The molecule has 3 heteroatoms. The minimum Gasteiger partial charge on any atom is -0.489 e. The summed E-state index contributed by atoms with van der Waals surface area (Å²) < 4.78 is 5.34. The summed E-state index contributed by atoms with van der Waals surface area (Å²) in [5.74, 6) is 0.991. The number of fused-ring (bicyclic) bond motifs is 1. The molecule has 0 bridgehead atoms. The maximum atomic E-state index is 5.34. The predicted octanol–water partition coefficient (Wildman–Crippen LogP) is 2.09. The fourth-order valence-corrected chi connectivity index (χ4v) is 1.06. The van der Waals surface area contributed by atoms with Crippen molar-refractivity contribution in [1.82, 2.24) is 0 Å². The van der Waals surface area contributed by atoms with E-state index in [9.17, 15) is 0 Å². The molecule has 1 aromatic carbocycles. The van der Waals surface area contributed by atoms with E-state index < -0.39 is 0 Å². The van der Waals surface area contributed by atoms with Gasteiger partial charge in [-0.15, -0.1) is 0 Å². The van der Waals surface area contributed by atoms with Gasteiger partial charge in [0.25, 0.3) is 0 Å². The molecule has 0 fully saturated rings. The van der Waals surface area contributed by atoms with Gasteiger partial charge in [0.05, 0.1) is 0 Å². The van der Waals surface area contributed by atoms with Crippen LogP contribution in [0.15, 0.2) is 30.3 Å². The van der Waals surface area contributed by atoms with Crippen LogP contribution >= 0.6 is 0 Å². The third-order valence-corrected chi connectivity index (χ3v) is 1.55. The van der Waals surface area contributed by atoms with E-state index in [1.807, 2.05) is 30.3 Å². The Balaban J connectivity index is 0.000000605. The maximum Gasteiger partial charge on any atom is 0.126 e. The van der Waals surface area contributed by atoms with Crippen molar-refractivity contribution >= 4 is 6.08 Å². The first kappa shape index (κ1) is 12.2. The second-order valence-corrected chi connectivity index (χ2v) is 2.25. The zero-order valence-electron chi connectivity index (χ0n) is 6.20. The summed E-state index contributed by atoms with van der Waals surface area (Å²) >= 11 is 0. The number of para-hydroxylation sites is 1. The van der Waals surface area contributed by atoms with Crippen LogP contribution in [0.3, 0.4) is 0 Å². The van der Waals surface area contributed by atoms with E-state index in [-0.39, 0.29) is 42.8 Å². The van der Waals surface area contributed by atoms with Gasteiger partial charge >= 0.3 is 0 Å². The zero-order chi connectivity index (χ0) is 6.81. The SMILES string of the molecule is C1=Cc2ccccc2OC1.[Au].[Pd]. The summed E-state index contributed by atoms with van der Waals surface area (Å²) in [6.45, 7) is 0.705. The second-order valence-electron chi connectivity index (χ2n) is 2.25. The molecule has 1 aliphatic heterocycles. The fourth-order valence-electron chi connectivity index (χ4n) is 1.06. The molecule has 12 heavy (non-hydrogen) atoms. The second kappa shape index (κ2) is 5.75. The quantitative estimate of drug-likeness (QED) is 0.567. The third kappa shape index (κ3) is 2.59. The van der Waals surface area contributed by atoms with E-state index in [0.29, 0.717) is 6.61 Å². The summed E-state index contributed by atoms with van der Waals surface area (Å²) in [4.78, 5) is 0. The summed E-state index contributed by atoms with van der Waals surface area (Å²) in [7, 11) is 0. The fraction of sp³-hybridized carbons (Fsp3) is 0.111. The van der Waals surface area contributed by atoms with Crippen LogP contribution in [0.1, 0.15) is 5.56 Å². The Labute approximate surface area is 101 Å². The van der Waals surface area contributed by atoms with E-state index in [0.717, 1.165) is 5.75 Å². The molecular formula is C9H8AuOPd. The summed E-state index contributed by atoms with van der Waals surface area (Å²) in [5, 5.41) is 0. The molecule has 1 heterocycles. The van der Waals surface area contributed by atoms with Crippen LogP contribution in [-0.2, 0) is 42.8 Å². The van der Waals surface area contributed by atoms with Gasteiger partial charge < -0.3 is 4.74 Å². The average Bonchev–Trinajstić information content (AvgIpc) is 2.05. The molecule has 2 rings (SSSR count). The normalized spacial score (nSPS) is 11.7. The van der Waals surface area contributed by atoms with Crippen molar-refractivity contribution in [1.29, 1.82) is 0 Å². The zero-order valence-corrected chi connectivity index (χ0v) is 9.92. The van der Waals surface area contributed by atoms with Gasteiger partial charge in [-0.3, -0.25) is 0 Å². The van der Waals surface area contributed by atoms with Crippen LogP contribution in [0.25, 0.3) is 6.08 Å². The van der Waals surface area contributed by atoms with Gasteiger partial charge in [0.15, 0.2) is 0 Å². The Morgan fingerprint density at radius 3 is 2.67 bits per heavy atom. The Hall–Kier alpha value is 0.163. The number of ether oxygens (including phenoxy) is 1. The molecule has 71 valence electrons. The first-order valence-corrected chi connectivity index (χ1v) is 3.35. The molecule has 0 N–H and O–H groups in total. The number of rotatable bonds is 0. The van der Waals surface area contributed by atoms with Crippen LogP contribution < -0.4 is 4.74 Å². The van der Waals surface area contributed by atoms with Gasteiger partial charge in [-0.05, 0) is 12.1 Å². The van der Waals surface area contributed by atoms with Crippen molar-refractivity contribution in [3.63, 3.8) is 0 Å². The van der Waals surface area contributed by atoms with Crippen molar-refractivity contribution in [2.75, 3.05) is 6.61 Å². The third-order valence-electron chi connectivity index (χ3n) is 1.55. The van der Waals surface area contributed by atoms with Crippen molar-refractivity contribution in [2.45, 2.75) is 0 Å². The molecule has 0 saturated carbocycles. The van der Waals surface area contributed by atoms with Crippen molar-refractivity contribution < 1.29 is 47.5 Å². The van der Waals surface area contributed by atoms with Crippen molar-refractivity contribution in [3.05, 3.63) is 35.9 Å². The first-order chi connectivity index (χ1) is 4.97. The maximum absolute atomic E-state index is 5.34. The Morgan fingerprint density at radius 1 is 1.17 bits per heavy atom. The molecule has 1 radical (unpaired) electrons. The molecule has 1 aliphatic rings. The topological polar surface area (TPSA) is 9.23 Å². The standard InChI is InChI=1S/C9H8O.Au.Pd/c1-2-6-9-8(4-1)5-3-7-10-9;;/h1-6H,7H2;;. The summed E-state index contributed by atoms with van der Waals surface area (Å²) in [6.07, 6.45) is 4.10. The van der Waals surface area contributed by atoms with Gasteiger partial charge in [-0.1, -0.05) is 24.3 Å². The number of hydrogen-bond acceptors (Lipinski definition) is 1. The van der Waals surface area contributed by atoms with E-state index in [1.165, 1.54) is 5.56 Å². The molecule has 0 aliphatic carbocycles. The molecule has 0 saturated heterocycles. The van der Waals surface area contributed by atoms with E-state index in [1.54, 1.807) is 0 Å². The van der Waals surface area contributed by atoms with E-state index in [2.05, 4.69) is 6.08 Å². The molecule has 1 aromatic rings. The largest absolute Gasteiger partial charge is 0.489 e. The van der Waals surface area contributed by atoms with Gasteiger partial charge in [0.2, 0.25) is 0 Å². The monoisotopic (exact) mass is 435 g/mol. The minimum absolute atomic E-state index is 0. The number of benzene rings is 1. The number of hydrogen-bond donors (Lipinski definition) is 0. The van der Waals surface area contributed by atoms with Crippen LogP contribution in [0, 0.1) is 0 Å². The predicted molar refractivity (Wildman–Crippen MR) is 41.0 cm³/mol. The van der Waals surface area contributed by atoms with Crippen LogP contribution in [0.2, 0.25) is 0 Å². The van der Waals surface area contributed by atoms with Crippen molar-refractivity contribution in [2.24, 2.45) is 0 Å². The summed E-state index contributed by atoms with van der Waals surface area (Å²) in [6, 6.07) is 8.03. The molecule has 0 aromatic heterocycles. The van der Waals surface area contributed by atoms with Gasteiger partial charge in [-0.25, -0.2) is 0 Å². The molecule has 0 unspecified atom stereocenters. The van der Waals surface area contributed by atoms with E-state index >= 15 is 0 Å². The van der Waals surface area contributed by atoms with Gasteiger partial charge in [0, 0.05) is 48.4 Å². The Morgan fingerprint density at radius 2 is 1.92 bits per heavy atom. The smallest absolute Gasteiger partial charge is 0.126 e. The average molecular weight is 436 g/mol. The Kier molecular flexibility index (Phi) is 5.83. The van der Waals surface area contributed by atoms with Crippen LogP contribution in [0.4, 0.5) is 0 Å². The first-order valence-electron chi connectivity index (χ1n) is 3.35. The molecule has 0 atom stereocenters. The van der Waals surface area contributed by atoms with Crippen LogP contribution in [0.5, 0.6) is 5.75 Å². The molecular weight excluding hydrogens is 427 g/mol. The Bertz CT molecular complexity index is 273. The van der Waals surface area contributed by atoms with Gasteiger partial charge in [0.1, 0.15) is 12.4 Å². The van der Waals surface area contributed by atoms with Crippen LogP contribution in [-0.4, -0.2) is 6.61 Å². The molecule has 0 spiro atoms. The molecule has 1 nitrogen and oxygen atoms in total. The minimum atomic E-state index is 0.